The third-order valence-electron chi connectivity index (χ3n) is 4.07. The van der Waals surface area contributed by atoms with E-state index in [4.69, 9.17) is 4.55 Å². The molecule has 0 saturated carbocycles. The van der Waals surface area contributed by atoms with Crippen molar-refractivity contribution in [3.05, 3.63) is 12.4 Å². The zero-order valence-electron chi connectivity index (χ0n) is 13.4. The zero-order valence-corrected chi connectivity index (χ0v) is 14.2. The molecule has 2 bridgehead atoms. The minimum Gasteiger partial charge on any atom is -0.347 e. The van der Waals surface area contributed by atoms with Crippen LogP contribution >= 0.6 is 0 Å². The van der Waals surface area contributed by atoms with E-state index in [9.17, 15) is 22.8 Å². The second kappa shape index (κ2) is 6.97. The van der Waals surface area contributed by atoms with E-state index in [0.29, 0.717) is 11.5 Å². The summed E-state index contributed by atoms with van der Waals surface area (Å²) in [5.74, 6) is -0.834. The molecule has 3 rings (SSSR count). The molecule has 1 aromatic rings. The molecule has 14 heteroatoms. The molecule has 0 unspecified atom stereocenters. The van der Waals surface area contributed by atoms with E-state index in [1.54, 1.807) is 0 Å². The maximum atomic E-state index is 12.3. The number of piperidine rings is 1. The van der Waals surface area contributed by atoms with Crippen molar-refractivity contribution < 1.29 is 31.6 Å². The Kier molecular flexibility index (Phi) is 4.88. The number of carbonyl (C=O) groups is 3. The molecule has 0 aliphatic carbocycles. The number of Topliss-reactive ketones (excluding diaryl/α,β-unsaturated/α-hetero) is 1. The number of hydrogen-bond acceptors (Lipinski definition) is 8. The monoisotopic (exact) mass is 388 g/mol. The number of rotatable bonds is 7. The molecule has 13 nitrogen and oxygen atoms in total. The Balaban J connectivity index is 1.56. The van der Waals surface area contributed by atoms with Crippen LogP contribution in [-0.4, -0.2) is 80.8 Å². The summed E-state index contributed by atoms with van der Waals surface area (Å²) in [5, 5.41) is 10.2. The number of hydrogen-bond donors (Lipinski definition) is 2. The van der Waals surface area contributed by atoms with Crippen LogP contribution in [0.3, 0.4) is 0 Å². The SMILES string of the molecule is O=C(CNC(=O)[C@@H]1CC[C@@H]2CN1C(=O)N2OS(=O)(=O)O)Cn1ccnn1. The number of nitrogens with one attached hydrogen (secondary N) is 1. The van der Waals surface area contributed by atoms with Gasteiger partial charge in [-0.1, -0.05) is 5.21 Å². The molecule has 2 fully saturated rings. The van der Waals surface area contributed by atoms with Crippen LogP contribution in [-0.2, 0) is 30.8 Å². The molecular formula is C12H16N6O7S. The number of hydroxylamine groups is 2. The first kappa shape index (κ1) is 18.2. The summed E-state index contributed by atoms with van der Waals surface area (Å²) < 4.78 is 36.0. The first-order valence-corrected chi connectivity index (χ1v) is 9.01. The molecule has 2 aliphatic rings. The summed E-state index contributed by atoms with van der Waals surface area (Å²) in [5.41, 5.74) is 0. The number of carbonyl (C=O) groups excluding carboxylic acids is 3. The van der Waals surface area contributed by atoms with Crippen LogP contribution in [0.4, 0.5) is 4.79 Å². The Morgan fingerprint density at radius 3 is 2.81 bits per heavy atom. The van der Waals surface area contributed by atoms with Crippen molar-refractivity contribution in [2.75, 3.05) is 13.1 Å². The van der Waals surface area contributed by atoms with E-state index in [1.165, 1.54) is 17.1 Å². The molecule has 2 N–H and O–H groups in total. The molecular weight excluding hydrogens is 372 g/mol. The quantitative estimate of drug-likeness (QED) is 0.501. The van der Waals surface area contributed by atoms with E-state index in [0.717, 1.165) is 4.90 Å². The van der Waals surface area contributed by atoms with Crippen molar-refractivity contribution in [3.63, 3.8) is 0 Å². The van der Waals surface area contributed by atoms with Crippen molar-refractivity contribution in [3.8, 4) is 0 Å². The topological polar surface area (TPSA) is 164 Å². The van der Waals surface area contributed by atoms with Crippen LogP contribution in [0.1, 0.15) is 12.8 Å². The highest BCUT2D eigenvalue weighted by Crippen LogP contribution is 2.30. The molecule has 2 aliphatic heterocycles. The number of fused-ring (bicyclic) bond motifs is 2. The van der Waals surface area contributed by atoms with Crippen molar-refractivity contribution in [2.45, 2.75) is 31.5 Å². The van der Waals surface area contributed by atoms with Gasteiger partial charge in [-0.25, -0.2) is 9.48 Å². The first-order chi connectivity index (χ1) is 12.2. The molecule has 26 heavy (non-hydrogen) atoms. The minimum absolute atomic E-state index is 0.0500. The summed E-state index contributed by atoms with van der Waals surface area (Å²) in [6, 6.07) is -2.27. The van der Waals surface area contributed by atoms with Crippen LogP contribution in [0.5, 0.6) is 0 Å². The van der Waals surface area contributed by atoms with Gasteiger partial charge in [-0.15, -0.1) is 9.38 Å². The van der Waals surface area contributed by atoms with E-state index in [1.807, 2.05) is 0 Å². The van der Waals surface area contributed by atoms with Crippen LogP contribution in [0.15, 0.2) is 12.4 Å². The fraction of sp³-hybridized carbons (Fsp3) is 0.583. The Morgan fingerprint density at radius 1 is 1.38 bits per heavy atom. The molecule has 0 aromatic carbocycles. The highest BCUT2D eigenvalue weighted by molar-refractivity contribution is 7.80. The number of amides is 3. The Bertz CT molecular complexity index is 810. The lowest BCUT2D eigenvalue weighted by atomic mass is 10.0. The number of urea groups is 1. The van der Waals surface area contributed by atoms with Crippen molar-refractivity contribution in [1.29, 1.82) is 0 Å². The normalized spacial score (nSPS) is 22.6. The van der Waals surface area contributed by atoms with Crippen molar-refractivity contribution in [2.24, 2.45) is 0 Å². The molecule has 1 aromatic heterocycles. The molecule has 0 radical (unpaired) electrons. The van der Waals surface area contributed by atoms with Crippen molar-refractivity contribution in [1.82, 2.24) is 30.3 Å². The average molecular weight is 388 g/mol. The van der Waals surface area contributed by atoms with E-state index in [2.05, 4.69) is 19.9 Å². The summed E-state index contributed by atoms with van der Waals surface area (Å²) in [7, 11) is -4.84. The molecule has 142 valence electrons. The van der Waals surface area contributed by atoms with Gasteiger partial charge in [0.2, 0.25) is 5.91 Å². The first-order valence-electron chi connectivity index (χ1n) is 7.65. The summed E-state index contributed by atoms with van der Waals surface area (Å²) in [4.78, 5) is 37.5. The third-order valence-corrected chi connectivity index (χ3v) is 4.42. The lowest BCUT2D eigenvalue weighted by molar-refractivity contribution is -0.129. The van der Waals surface area contributed by atoms with Gasteiger partial charge in [0.05, 0.1) is 18.8 Å². The van der Waals surface area contributed by atoms with Gasteiger partial charge in [-0.3, -0.25) is 14.1 Å². The summed E-state index contributed by atoms with van der Waals surface area (Å²) in [6.07, 6.45) is 3.50. The second-order valence-corrected chi connectivity index (χ2v) is 6.87. The largest absolute Gasteiger partial charge is 0.418 e. The van der Waals surface area contributed by atoms with E-state index in [-0.39, 0.29) is 31.8 Å². The van der Waals surface area contributed by atoms with E-state index < -0.39 is 34.4 Å². The lowest BCUT2D eigenvalue weighted by Gasteiger charge is -2.29. The number of ketones is 1. The van der Waals surface area contributed by atoms with E-state index >= 15 is 0 Å². The van der Waals surface area contributed by atoms with Gasteiger partial charge in [0.1, 0.15) is 12.6 Å². The Morgan fingerprint density at radius 2 is 2.15 bits per heavy atom. The van der Waals surface area contributed by atoms with Crippen LogP contribution in [0.2, 0.25) is 0 Å². The van der Waals surface area contributed by atoms with Gasteiger partial charge < -0.3 is 10.2 Å². The molecule has 0 spiro atoms. The third kappa shape index (κ3) is 3.97. The predicted octanol–water partition coefficient (Wildman–Crippen LogP) is -2.03. The van der Waals surface area contributed by atoms with Gasteiger partial charge >= 0.3 is 16.4 Å². The molecule has 2 atom stereocenters. The lowest BCUT2D eigenvalue weighted by Crippen LogP contribution is -2.50. The molecule has 3 heterocycles. The fourth-order valence-electron chi connectivity index (χ4n) is 2.96. The zero-order chi connectivity index (χ0) is 18.9. The fourth-order valence-corrected chi connectivity index (χ4v) is 3.35. The smallest absolute Gasteiger partial charge is 0.347 e. The maximum Gasteiger partial charge on any atom is 0.418 e. The molecule has 2 saturated heterocycles. The number of aromatic nitrogens is 3. The maximum absolute atomic E-state index is 12.3. The highest BCUT2D eigenvalue weighted by atomic mass is 32.3. The highest BCUT2D eigenvalue weighted by Gasteiger charge is 2.49. The van der Waals surface area contributed by atoms with Gasteiger partial charge in [0.15, 0.2) is 5.78 Å². The summed E-state index contributed by atoms with van der Waals surface area (Å²) in [6.45, 7) is -0.211. The van der Waals surface area contributed by atoms with Crippen molar-refractivity contribution >= 4 is 28.1 Å². The van der Waals surface area contributed by atoms with Crippen LogP contribution < -0.4 is 5.32 Å². The second-order valence-electron chi connectivity index (χ2n) is 5.87. The molecule has 3 amide bonds. The average Bonchev–Trinajstić information content (AvgIpc) is 3.15. The van der Waals surface area contributed by atoms with Crippen LogP contribution in [0, 0.1) is 0 Å². The van der Waals surface area contributed by atoms with Gasteiger partial charge in [-0.2, -0.15) is 13.5 Å². The van der Waals surface area contributed by atoms with Gasteiger partial charge in [-0.05, 0) is 12.8 Å². The Hall–Kier alpha value is -2.58. The number of nitrogens with zero attached hydrogens (tertiary/aromatic N) is 5. The minimum atomic E-state index is -4.84. The van der Waals surface area contributed by atoms with Gasteiger partial charge in [0, 0.05) is 12.7 Å². The summed E-state index contributed by atoms with van der Waals surface area (Å²) >= 11 is 0. The predicted molar refractivity (Wildman–Crippen MR) is 81.4 cm³/mol. The standard InChI is InChI=1S/C12H16N6O7S/c19-9(7-16-4-3-14-15-16)5-13-11(20)10-2-1-8-6-17(10)12(21)18(8)25-26(22,23)24/h3-4,8,10H,1-2,5-7H2,(H,13,20)(H,22,23,24)/t8-,10+/m1/s1. The van der Waals surface area contributed by atoms with Gasteiger partial charge in [0.25, 0.3) is 0 Å². The van der Waals surface area contributed by atoms with Crippen LogP contribution in [0.25, 0.3) is 0 Å². The Labute approximate surface area is 147 Å².